The number of aryl methyl sites for hydroxylation is 2. The molecule has 0 unspecified atom stereocenters. The van der Waals surface area contributed by atoms with E-state index in [0.717, 1.165) is 11.1 Å². The summed E-state index contributed by atoms with van der Waals surface area (Å²) in [4.78, 5) is 16.7. The molecule has 134 valence electrons. The van der Waals surface area contributed by atoms with E-state index in [4.69, 9.17) is 16.3 Å². The second-order valence-electron chi connectivity index (χ2n) is 5.76. The van der Waals surface area contributed by atoms with Gasteiger partial charge in [0.2, 0.25) is 0 Å². The highest BCUT2D eigenvalue weighted by Crippen LogP contribution is 2.28. The van der Waals surface area contributed by atoms with E-state index in [2.05, 4.69) is 10.3 Å². The first kappa shape index (κ1) is 18.4. The Morgan fingerprint density at radius 3 is 2.69 bits per heavy atom. The number of benzene rings is 2. The molecular weight excluding hydrogens is 375 g/mol. The van der Waals surface area contributed by atoms with Gasteiger partial charge in [-0.2, -0.15) is 0 Å². The van der Waals surface area contributed by atoms with E-state index in [0.29, 0.717) is 27.2 Å². The molecule has 0 radical (unpaired) electrons. The second kappa shape index (κ2) is 7.85. The van der Waals surface area contributed by atoms with Gasteiger partial charge in [-0.25, -0.2) is 9.37 Å². The van der Waals surface area contributed by atoms with Crippen LogP contribution in [0.5, 0.6) is 5.75 Å². The average molecular weight is 391 g/mol. The molecule has 0 spiro atoms. The summed E-state index contributed by atoms with van der Waals surface area (Å²) in [5.41, 5.74) is 2.79. The highest BCUT2D eigenvalue weighted by atomic mass is 35.5. The van der Waals surface area contributed by atoms with Crippen LogP contribution in [-0.4, -0.2) is 10.9 Å². The first-order valence-corrected chi connectivity index (χ1v) is 9.09. The number of hydrogen-bond acceptors (Lipinski definition) is 4. The van der Waals surface area contributed by atoms with Crippen LogP contribution in [0.2, 0.25) is 5.02 Å². The summed E-state index contributed by atoms with van der Waals surface area (Å²) in [6.07, 6.45) is 0. The zero-order valence-corrected chi connectivity index (χ0v) is 15.7. The molecule has 4 nitrogen and oxygen atoms in total. The lowest BCUT2D eigenvalue weighted by atomic mass is 10.1. The first-order chi connectivity index (χ1) is 12.4. The number of carbonyl (C=O) groups is 1. The van der Waals surface area contributed by atoms with Crippen LogP contribution >= 0.6 is 22.9 Å². The van der Waals surface area contributed by atoms with E-state index in [1.165, 1.54) is 23.5 Å². The van der Waals surface area contributed by atoms with Crippen molar-refractivity contribution in [1.82, 2.24) is 4.98 Å². The van der Waals surface area contributed by atoms with Crippen LogP contribution in [0.1, 0.15) is 26.6 Å². The molecule has 0 fully saturated rings. The molecule has 0 atom stereocenters. The molecule has 1 aromatic heterocycles. The van der Waals surface area contributed by atoms with E-state index in [1.807, 2.05) is 19.9 Å². The van der Waals surface area contributed by atoms with Gasteiger partial charge in [-0.1, -0.05) is 17.7 Å². The number of hydrogen-bond donors (Lipinski definition) is 1. The number of carbonyl (C=O) groups excluding carboxylic acids is 1. The summed E-state index contributed by atoms with van der Waals surface area (Å²) in [7, 11) is 0. The Kier molecular flexibility index (Phi) is 5.54. The molecule has 1 amide bonds. The topological polar surface area (TPSA) is 51.2 Å². The number of nitrogens with zero attached hydrogens (tertiary/aromatic N) is 1. The monoisotopic (exact) mass is 390 g/mol. The third kappa shape index (κ3) is 4.39. The summed E-state index contributed by atoms with van der Waals surface area (Å²) in [5, 5.41) is 5.61. The number of ether oxygens (including phenoxy) is 1. The Morgan fingerprint density at radius 2 is 2.00 bits per heavy atom. The van der Waals surface area contributed by atoms with Crippen molar-refractivity contribution in [3.8, 4) is 5.75 Å². The maximum Gasteiger partial charge on any atom is 0.275 e. The lowest BCUT2D eigenvalue weighted by Gasteiger charge is -2.10. The van der Waals surface area contributed by atoms with Gasteiger partial charge in [-0.05, 0) is 55.3 Å². The Morgan fingerprint density at radius 1 is 1.27 bits per heavy atom. The fraction of sp³-hybridized carbons (Fsp3) is 0.158. The number of rotatable bonds is 5. The summed E-state index contributed by atoms with van der Waals surface area (Å²) in [6, 6.07) is 9.47. The largest absolute Gasteiger partial charge is 0.486 e. The van der Waals surface area contributed by atoms with Crippen molar-refractivity contribution >= 4 is 34.5 Å². The van der Waals surface area contributed by atoms with Gasteiger partial charge in [-0.3, -0.25) is 4.79 Å². The van der Waals surface area contributed by atoms with E-state index in [1.54, 1.807) is 23.6 Å². The Labute approximate surface area is 159 Å². The molecule has 0 saturated heterocycles. The van der Waals surface area contributed by atoms with Gasteiger partial charge in [0.15, 0.2) is 0 Å². The number of thiazole rings is 1. The van der Waals surface area contributed by atoms with Crippen LogP contribution in [0.25, 0.3) is 0 Å². The fourth-order valence-electron chi connectivity index (χ4n) is 2.41. The van der Waals surface area contributed by atoms with E-state index in [9.17, 15) is 9.18 Å². The molecule has 0 saturated carbocycles. The van der Waals surface area contributed by atoms with Crippen LogP contribution < -0.4 is 10.1 Å². The Bertz CT molecular complexity index is 918. The fourth-order valence-corrected chi connectivity index (χ4v) is 3.46. The smallest absolute Gasteiger partial charge is 0.275 e. The van der Waals surface area contributed by atoms with Crippen molar-refractivity contribution < 1.29 is 13.9 Å². The molecule has 1 N–H and O–H groups in total. The Balaban J connectivity index is 1.65. The maximum absolute atomic E-state index is 12.9. The minimum Gasteiger partial charge on any atom is -0.486 e. The highest BCUT2D eigenvalue weighted by molar-refractivity contribution is 7.09. The Hall–Kier alpha value is -2.44. The molecule has 3 rings (SSSR count). The van der Waals surface area contributed by atoms with E-state index < -0.39 is 0 Å². The van der Waals surface area contributed by atoms with Crippen LogP contribution in [0.3, 0.4) is 0 Å². The predicted octanol–water partition coefficient (Wildman–Crippen LogP) is 5.38. The van der Waals surface area contributed by atoms with Gasteiger partial charge in [0, 0.05) is 5.38 Å². The molecule has 0 aliphatic rings. The predicted molar refractivity (Wildman–Crippen MR) is 102 cm³/mol. The lowest BCUT2D eigenvalue weighted by molar-refractivity contribution is 0.102. The van der Waals surface area contributed by atoms with Crippen LogP contribution in [0, 0.1) is 19.7 Å². The third-order valence-electron chi connectivity index (χ3n) is 3.63. The molecular formula is C19H16ClFN2O2S. The van der Waals surface area contributed by atoms with Crippen molar-refractivity contribution in [2.24, 2.45) is 0 Å². The number of halogens is 2. The van der Waals surface area contributed by atoms with Gasteiger partial charge in [0.05, 0.1) is 10.7 Å². The molecule has 7 heteroatoms. The summed E-state index contributed by atoms with van der Waals surface area (Å²) < 4.78 is 18.4. The van der Waals surface area contributed by atoms with Gasteiger partial charge < -0.3 is 10.1 Å². The summed E-state index contributed by atoms with van der Waals surface area (Å²) >= 11 is 7.54. The van der Waals surface area contributed by atoms with Crippen molar-refractivity contribution in [2.45, 2.75) is 20.5 Å². The lowest BCUT2D eigenvalue weighted by Crippen LogP contribution is -2.14. The van der Waals surface area contributed by atoms with Crippen LogP contribution in [0.4, 0.5) is 10.1 Å². The minimum absolute atomic E-state index is 0.202. The SMILES string of the molecule is Cc1cc(C)c(NC(=O)c2csc(COc3ccc(F)cc3)n2)c(Cl)c1. The van der Waals surface area contributed by atoms with E-state index in [-0.39, 0.29) is 18.3 Å². The number of aromatic nitrogens is 1. The van der Waals surface area contributed by atoms with Gasteiger partial charge in [0.1, 0.15) is 28.9 Å². The number of amides is 1. The van der Waals surface area contributed by atoms with Crippen molar-refractivity contribution in [2.75, 3.05) is 5.32 Å². The summed E-state index contributed by atoms with van der Waals surface area (Å²) in [6.45, 7) is 4.03. The quantitative estimate of drug-likeness (QED) is 0.636. The van der Waals surface area contributed by atoms with Gasteiger partial charge in [0.25, 0.3) is 5.91 Å². The molecule has 3 aromatic rings. The summed E-state index contributed by atoms with van der Waals surface area (Å²) in [5.74, 6) is -0.117. The zero-order valence-electron chi connectivity index (χ0n) is 14.2. The molecule has 0 bridgehead atoms. The zero-order chi connectivity index (χ0) is 18.7. The number of nitrogens with one attached hydrogen (secondary N) is 1. The van der Waals surface area contributed by atoms with Crippen molar-refractivity contribution in [3.05, 3.63) is 74.4 Å². The van der Waals surface area contributed by atoms with Gasteiger partial charge >= 0.3 is 0 Å². The average Bonchev–Trinajstić information content (AvgIpc) is 3.06. The van der Waals surface area contributed by atoms with Crippen LogP contribution in [-0.2, 0) is 6.61 Å². The molecule has 0 aliphatic carbocycles. The standard InChI is InChI=1S/C19H16ClFN2O2S/c1-11-7-12(2)18(15(20)8-11)23-19(24)16-10-26-17(22-16)9-25-14-5-3-13(21)4-6-14/h3-8,10H,9H2,1-2H3,(H,23,24). The van der Waals surface area contributed by atoms with Crippen molar-refractivity contribution in [3.63, 3.8) is 0 Å². The second-order valence-corrected chi connectivity index (χ2v) is 7.11. The van der Waals surface area contributed by atoms with Crippen molar-refractivity contribution in [1.29, 1.82) is 0 Å². The number of anilines is 1. The van der Waals surface area contributed by atoms with Crippen LogP contribution in [0.15, 0.2) is 41.8 Å². The van der Waals surface area contributed by atoms with E-state index >= 15 is 0 Å². The highest BCUT2D eigenvalue weighted by Gasteiger charge is 2.14. The van der Waals surface area contributed by atoms with Gasteiger partial charge in [-0.15, -0.1) is 11.3 Å². The first-order valence-electron chi connectivity index (χ1n) is 7.83. The normalized spacial score (nSPS) is 10.6. The molecule has 1 heterocycles. The molecule has 2 aromatic carbocycles. The molecule has 26 heavy (non-hydrogen) atoms. The maximum atomic E-state index is 12.9. The minimum atomic E-state index is -0.330. The molecule has 0 aliphatic heterocycles. The third-order valence-corrected chi connectivity index (χ3v) is 4.75.